The van der Waals surface area contributed by atoms with Crippen LogP contribution in [0, 0.1) is 5.92 Å². The first-order valence-electron chi connectivity index (χ1n) is 6.09. The fourth-order valence-corrected chi connectivity index (χ4v) is 2.52. The molecule has 0 aliphatic carbocycles. The Morgan fingerprint density at radius 1 is 1.61 bits per heavy atom. The van der Waals surface area contributed by atoms with E-state index in [9.17, 15) is 4.79 Å². The van der Waals surface area contributed by atoms with Gasteiger partial charge in [-0.3, -0.25) is 14.7 Å². The summed E-state index contributed by atoms with van der Waals surface area (Å²) in [4.78, 5) is 18.2. The lowest BCUT2D eigenvalue weighted by Gasteiger charge is -2.30. The van der Waals surface area contributed by atoms with Crippen molar-refractivity contribution in [3.05, 3.63) is 28.5 Å². The van der Waals surface area contributed by atoms with E-state index in [0.717, 1.165) is 42.6 Å². The Hall–Kier alpha value is -0.940. The van der Waals surface area contributed by atoms with Crippen LogP contribution in [0.5, 0.6) is 0 Å². The van der Waals surface area contributed by atoms with E-state index >= 15 is 0 Å². The normalized spacial score (nSPS) is 20.7. The molecule has 1 aliphatic heterocycles. The Morgan fingerprint density at radius 3 is 3.11 bits per heavy atom. The molecule has 0 spiro atoms. The first-order chi connectivity index (χ1) is 8.69. The molecule has 0 amide bonds. The molecule has 0 saturated carbocycles. The number of halogens is 1. The van der Waals surface area contributed by atoms with Crippen LogP contribution in [-0.4, -0.2) is 36.1 Å². The Bertz CT molecular complexity index is 408. The highest BCUT2D eigenvalue weighted by molar-refractivity contribution is 9.10. The van der Waals surface area contributed by atoms with Gasteiger partial charge in [-0.1, -0.05) is 0 Å². The van der Waals surface area contributed by atoms with Crippen molar-refractivity contribution >= 4 is 21.9 Å². The van der Waals surface area contributed by atoms with E-state index < -0.39 is 0 Å². The van der Waals surface area contributed by atoms with Gasteiger partial charge in [0.25, 0.3) is 0 Å². The fraction of sp³-hybridized carbons (Fsp3) is 0.538. The number of piperidine rings is 1. The second kappa shape index (κ2) is 6.29. The van der Waals surface area contributed by atoms with Gasteiger partial charge in [-0.25, -0.2) is 0 Å². The number of hydrogen-bond donors (Lipinski definition) is 0. The van der Waals surface area contributed by atoms with Crippen LogP contribution in [0.1, 0.15) is 18.5 Å². The van der Waals surface area contributed by atoms with Crippen molar-refractivity contribution in [2.45, 2.75) is 19.4 Å². The highest BCUT2D eigenvalue weighted by atomic mass is 79.9. The molecular weight excluding hydrogens is 296 g/mol. The number of nitrogens with zero attached hydrogens (tertiary/aromatic N) is 2. The topological polar surface area (TPSA) is 42.4 Å². The summed E-state index contributed by atoms with van der Waals surface area (Å²) in [5.41, 5.74) is 1.03. The third-order valence-electron chi connectivity index (χ3n) is 3.21. The average Bonchev–Trinajstić information content (AvgIpc) is 2.41. The number of hydrogen-bond acceptors (Lipinski definition) is 4. The monoisotopic (exact) mass is 312 g/mol. The van der Waals surface area contributed by atoms with Gasteiger partial charge in [0.1, 0.15) is 0 Å². The number of carbonyl (C=O) groups excluding carboxylic acids is 1. The molecule has 0 unspecified atom stereocenters. The predicted octanol–water partition coefficient (Wildman–Crippen LogP) is 2.23. The number of rotatable bonds is 3. The number of aromatic nitrogens is 1. The predicted molar refractivity (Wildman–Crippen MR) is 72.0 cm³/mol. The summed E-state index contributed by atoms with van der Waals surface area (Å²) < 4.78 is 5.80. The number of esters is 1. The van der Waals surface area contributed by atoms with Crippen LogP contribution in [0.2, 0.25) is 0 Å². The lowest BCUT2D eigenvalue weighted by Crippen LogP contribution is -2.38. The SMILES string of the molecule is COC(=O)[C@H]1CCCN(Cc2ccc(Br)cn2)C1. The molecule has 0 bridgehead atoms. The van der Waals surface area contributed by atoms with Gasteiger partial charge < -0.3 is 4.74 Å². The third-order valence-corrected chi connectivity index (χ3v) is 3.68. The molecule has 0 radical (unpaired) electrons. The Kier molecular flexibility index (Phi) is 4.72. The second-order valence-corrected chi connectivity index (χ2v) is 5.48. The van der Waals surface area contributed by atoms with Crippen molar-refractivity contribution in [3.8, 4) is 0 Å². The van der Waals surface area contributed by atoms with Crippen LogP contribution in [-0.2, 0) is 16.1 Å². The molecule has 0 aromatic carbocycles. The minimum absolute atomic E-state index is 0.0131. The summed E-state index contributed by atoms with van der Waals surface area (Å²) in [6.07, 6.45) is 3.77. The maximum absolute atomic E-state index is 11.5. The molecule has 4 nitrogen and oxygen atoms in total. The number of methoxy groups -OCH3 is 1. The van der Waals surface area contributed by atoms with Crippen molar-refractivity contribution in [2.24, 2.45) is 5.92 Å². The van der Waals surface area contributed by atoms with Gasteiger partial charge in [0, 0.05) is 23.8 Å². The van der Waals surface area contributed by atoms with E-state index in [1.807, 2.05) is 12.1 Å². The summed E-state index contributed by atoms with van der Waals surface area (Å²) in [6.45, 7) is 2.58. The standard InChI is InChI=1S/C13H17BrN2O2/c1-18-13(17)10-3-2-6-16(8-10)9-12-5-4-11(14)7-15-12/h4-5,7,10H,2-3,6,8-9H2,1H3/t10-/m0/s1. The van der Waals surface area contributed by atoms with Crippen LogP contribution >= 0.6 is 15.9 Å². The Morgan fingerprint density at radius 2 is 2.44 bits per heavy atom. The molecular formula is C13H17BrN2O2. The van der Waals surface area contributed by atoms with Crippen LogP contribution in [0.4, 0.5) is 0 Å². The van der Waals surface area contributed by atoms with E-state index in [2.05, 4.69) is 25.8 Å². The molecule has 1 atom stereocenters. The number of ether oxygens (including phenoxy) is 1. The van der Waals surface area contributed by atoms with Crippen LogP contribution in [0.25, 0.3) is 0 Å². The largest absolute Gasteiger partial charge is 0.469 e. The van der Waals surface area contributed by atoms with Gasteiger partial charge in [-0.2, -0.15) is 0 Å². The van der Waals surface area contributed by atoms with Crippen LogP contribution in [0.3, 0.4) is 0 Å². The summed E-state index contributed by atoms with van der Waals surface area (Å²) >= 11 is 3.37. The summed E-state index contributed by atoms with van der Waals surface area (Å²) in [5.74, 6) is -0.0809. The van der Waals surface area contributed by atoms with Gasteiger partial charge in [0.05, 0.1) is 18.7 Å². The zero-order chi connectivity index (χ0) is 13.0. The number of likely N-dealkylation sites (tertiary alicyclic amines) is 1. The maximum Gasteiger partial charge on any atom is 0.309 e. The molecule has 1 aromatic heterocycles. The van der Waals surface area contributed by atoms with Crippen molar-refractivity contribution in [1.82, 2.24) is 9.88 Å². The molecule has 18 heavy (non-hydrogen) atoms. The highest BCUT2D eigenvalue weighted by Gasteiger charge is 2.26. The Balaban J connectivity index is 1.93. The Labute approximate surface area is 115 Å². The summed E-state index contributed by atoms with van der Waals surface area (Å²) in [7, 11) is 1.46. The molecule has 2 heterocycles. The van der Waals surface area contributed by atoms with Gasteiger partial charge in [0.2, 0.25) is 0 Å². The number of pyridine rings is 1. The number of carbonyl (C=O) groups is 1. The average molecular weight is 313 g/mol. The minimum atomic E-state index is -0.0940. The molecule has 1 aliphatic rings. The van der Waals surface area contributed by atoms with Crippen molar-refractivity contribution < 1.29 is 9.53 Å². The summed E-state index contributed by atoms with van der Waals surface area (Å²) in [5, 5.41) is 0. The van der Waals surface area contributed by atoms with E-state index in [1.54, 1.807) is 6.20 Å². The van der Waals surface area contributed by atoms with Crippen molar-refractivity contribution in [2.75, 3.05) is 20.2 Å². The third kappa shape index (κ3) is 3.53. The zero-order valence-corrected chi connectivity index (χ0v) is 12.0. The van der Waals surface area contributed by atoms with Gasteiger partial charge in [0.15, 0.2) is 0 Å². The van der Waals surface area contributed by atoms with E-state index in [0.29, 0.717) is 0 Å². The van der Waals surface area contributed by atoms with Crippen LogP contribution < -0.4 is 0 Å². The molecule has 0 N–H and O–H groups in total. The molecule has 2 rings (SSSR count). The summed E-state index contributed by atoms with van der Waals surface area (Å²) in [6, 6.07) is 4.00. The quantitative estimate of drug-likeness (QED) is 0.803. The van der Waals surface area contributed by atoms with Gasteiger partial charge >= 0.3 is 5.97 Å². The lowest BCUT2D eigenvalue weighted by molar-refractivity contribution is -0.147. The molecule has 98 valence electrons. The molecule has 1 fully saturated rings. The molecule has 1 saturated heterocycles. The minimum Gasteiger partial charge on any atom is -0.469 e. The van der Waals surface area contributed by atoms with E-state index in [1.165, 1.54) is 7.11 Å². The van der Waals surface area contributed by atoms with E-state index in [-0.39, 0.29) is 11.9 Å². The van der Waals surface area contributed by atoms with Crippen LogP contribution in [0.15, 0.2) is 22.8 Å². The van der Waals surface area contributed by atoms with Gasteiger partial charge in [-0.15, -0.1) is 0 Å². The first-order valence-corrected chi connectivity index (χ1v) is 6.89. The first kappa shape index (κ1) is 13.5. The molecule has 1 aromatic rings. The van der Waals surface area contributed by atoms with Gasteiger partial charge in [-0.05, 0) is 47.4 Å². The highest BCUT2D eigenvalue weighted by Crippen LogP contribution is 2.19. The second-order valence-electron chi connectivity index (χ2n) is 4.57. The zero-order valence-electron chi connectivity index (χ0n) is 10.4. The lowest BCUT2D eigenvalue weighted by atomic mass is 9.98. The van der Waals surface area contributed by atoms with Crippen molar-refractivity contribution in [3.63, 3.8) is 0 Å². The van der Waals surface area contributed by atoms with E-state index in [4.69, 9.17) is 4.74 Å². The molecule has 5 heteroatoms. The smallest absolute Gasteiger partial charge is 0.309 e. The fourth-order valence-electron chi connectivity index (χ4n) is 2.29. The van der Waals surface area contributed by atoms with Crippen molar-refractivity contribution in [1.29, 1.82) is 0 Å². The maximum atomic E-state index is 11.5.